The maximum atomic E-state index is 14.1. The molecule has 0 fully saturated rings. The van der Waals surface area contributed by atoms with Crippen LogP contribution in [-0.4, -0.2) is 31.6 Å². The van der Waals surface area contributed by atoms with Gasteiger partial charge in [0.15, 0.2) is 5.60 Å². The van der Waals surface area contributed by atoms with Gasteiger partial charge in [-0.05, 0) is 122 Å². The average Bonchev–Trinajstić information content (AvgIpc) is 3.47. The van der Waals surface area contributed by atoms with Gasteiger partial charge < -0.3 is 24.8 Å². The van der Waals surface area contributed by atoms with Gasteiger partial charge in [0, 0.05) is 40.2 Å². The molecule has 0 aromatic heterocycles. The molecule has 5 aromatic rings. The molecule has 2 unspecified atom stereocenters. The first-order valence-electron chi connectivity index (χ1n) is 17.9. The largest absolute Gasteiger partial charge is 0.442 e. The van der Waals surface area contributed by atoms with E-state index in [2.05, 4.69) is 10.6 Å². The van der Waals surface area contributed by atoms with Gasteiger partial charge in [0.1, 0.15) is 12.5 Å². The highest BCUT2D eigenvalue weighted by molar-refractivity contribution is 6.53. The van der Waals surface area contributed by atoms with E-state index < -0.39 is 11.6 Å². The molecule has 0 spiro atoms. The van der Waals surface area contributed by atoms with Crippen molar-refractivity contribution in [3.63, 3.8) is 0 Å². The number of nitrogens with one attached hydrogen (secondary N) is 2. The van der Waals surface area contributed by atoms with Gasteiger partial charge in [-0.1, -0.05) is 118 Å². The monoisotopic (exact) mass is 868 g/mol. The minimum absolute atomic E-state index is 0.0124. The van der Waals surface area contributed by atoms with E-state index in [0.29, 0.717) is 34.4 Å². The van der Waals surface area contributed by atoms with Crippen molar-refractivity contribution in [2.45, 2.75) is 45.8 Å². The standard InChI is InChI=1S/C44H38Cl6N2O4/c1-5-54-25(3)51-33-19-11-29(12-20-33)35(27-7-15-31(45)16-8-27)23-44(38-37(43(53)56-44)39(47)41(49)42(50)40(38)48)24-36(28-9-17-32(46)18-10-28)30-13-21-34(22-14-30)52-26(4)55-6-2/h7-26,51-52H,5-6H2,1-4H3/b35-23+,36-24+. The summed E-state index contributed by atoms with van der Waals surface area (Å²) in [6.45, 7) is 8.90. The lowest BCUT2D eigenvalue weighted by Gasteiger charge is -2.27. The Bertz CT molecular complexity index is 2140. The van der Waals surface area contributed by atoms with E-state index in [-0.39, 0.29) is 43.7 Å². The highest BCUT2D eigenvalue weighted by Gasteiger charge is 2.48. The molecule has 1 heterocycles. The quantitative estimate of drug-likeness (QED) is 0.0501. The predicted octanol–water partition coefficient (Wildman–Crippen LogP) is 13.8. The lowest BCUT2D eigenvalue weighted by molar-refractivity contribution is 0.0300. The summed E-state index contributed by atoms with van der Waals surface area (Å²) in [6, 6.07) is 30.4. The fourth-order valence-corrected chi connectivity index (χ4v) is 7.92. The molecule has 0 bridgehead atoms. The lowest BCUT2D eigenvalue weighted by Crippen LogP contribution is -2.23. The minimum atomic E-state index is -1.69. The van der Waals surface area contributed by atoms with Crippen LogP contribution >= 0.6 is 69.6 Å². The number of rotatable bonds is 14. The third kappa shape index (κ3) is 9.20. The molecule has 1 aliphatic heterocycles. The van der Waals surface area contributed by atoms with Crippen LogP contribution in [0.2, 0.25) is 30.1 Å². The van der Waals surface area contributed by atoms with E-state index in [9.17, 15) is 4.79 Å². The zero-order chi connectivity index (χ0) is 40.1. The van der Waals surface area contributed by atoms with Gasteiger partial charge in [-0.15, -0.1) is 0 Å². The number of ether oxygens (including phenoxy) is 3. The van der Waals surface area contributed by atoms with Gasteiger partial charge in [-0.2, -0.15) is 0 Å². The van der Waals surface area contributed by atoms with E-state index >= 15 is 0 Å². The van der Waals surface area contributed by atoms with E-state index in [0.717, 1.165) is 33.6 Å². The first-order chi connectivity index (χ1) is 26.8. The third-order valence-electron chi connectivity index (χ3n) is 9.12. The highest BCUT2D eigenvalue weighted by atomic mass is 35.5. The summed E-state index contributed by atoms with van der Waals surface area (Å²) >= 11 is 40.0. The van der Waals surface area contributed by atoms with E-state index in [4.69, 9.17) is 83.8 Å². The summed E-state index contributed by atoms with van der Waals surface area (Å²) in [5.74, 6) is -0.724. The summed E-state index contributed by atoms with van der Waals surface area (Å²) in [5, 5.41) is 7.70. The molecule has 0 aliphatic carbocycles. The number of carbonyl (C=O) groups excluding carboxylic acids is 1. The van der Waals surface area contributed by atoms with Crippen molar-refractivity contribution in [3.05, 3.63) is 173 Å². The van der Waals surface area contributed by atoms with Gasteiger partial charge >= 0.3 is 5.97 Å². The average molecular weight is 872 g/mol. The summed E-state index contributed by atoms with van der Waals surface area (Å²) in [6.07, 6.45) is 3.31. The molecule has 2 N–H and O–H groups in total. The van der Waals surface area contributed by atoms with Crippen molar-refractivity contribution in [2.24, 2.45) is 0 Å². The summed E-state index contributed by atoms with van der Waals surface area (Å²) in [4.78, 5) is 14.1. The maximum absolute atomic E-state index is 14.1. The molecule has 290 valence electrons. The maximum Gasteiger partial charge on any atom is 0.341 e. The van der Waals surface area contributed by atoms with E-state index in [1.807, 2.05) is 113 Å². The van der Waals surface area contributed by atoms with Crippen molar-refractivity contribution in [1.82, 2.24) is 0 Å². The molecule has 1 aliphatic rings. The van der Waals surface area contributed by atoms with Crippen LogP contribution in [0, 0.1) is 0 Å². The van der Waals surface area contributed by atoms with Crippen LogP contribution in [-0.2, 0) is 19.8 Å². The van der Waals surface area contributed by atoms with Gasteiger partial charge in [0.2, 0.25) is 0 Å². The van der Waals surface area contributed by atoms with Crippen LogP contribution in [0.3, 0.4) is 0 Å². The van der Waals surface area contributed by atoms with Crippen molar-refractivity contribution in [3.8, 4) is 0 Å². The first kappa shape index (κ1) is 41.9. The van der Waals surface area contributed by atoms with Crippen molar-refractivity contribution >= 4 is 98.1 Å². The zero-order valence-corrected chi connectivity index (χ0v) is 35.4. The van der Waals surface area contributed by atoms with Crippen molar-refractivity contribution in [1.29, 1.82) is 0 Å². The Morgan fingerprint density at radius 3 is 1.32 bits per heavy atom. The van der Waals surface area contributed by atoms with Gasteiger partial charge in [0.05, 0.1) is 25.7 Å². The molecule has 6 nitrogen and oxygen atoms in total. The Morgan fingerprint density at radius 2 is 0.946 bits per heavy atom. The van der Waals surface area contributed by atoms with Crippen molar-refractivity contribution in [2.75, 3.05) is 23.8 Å². The molecular formula is C44H38Cl6N2O4. The normalized spacial score (nSPS) is 16.6. The Hall–Kier alpha value is -3.69. The Balaban J connectivity index is 1.65. The Labute approximate surface area is 357 Å². The molecule has 56 heavy (non-hydrogen) atoms. The molecule has 0 saturated carbocycles. The molecule has 0 radical (unpaired) electrons. The van der Waals surface area contributed by atoms with Crippen LogP contribution < -0.4 is 10.6 Å². The summed E-state index contributed by atoms with van der Waals surface area (Å²) < 4.78 is 17.9. The molecule has 5 aromatic carbocycles. The SMILES string of the molecule is CCOC(C)Nc1ccc(/C(=C/C2(/C=C(\c3ccc(Cl)cc3)c3ccc(NC(C)OCC)cc3)OC(=O)c3c(Cl)c(Cl)c(Cl)c(Cl)c32)c2ccc(Cl)cc2)cc1. The number of anilines is 2. The van der Waals surface area contributed by atoms with Gasteiger partial charge in [-0.3, -0.25) is 0 Å². The minimum Gasteiger partial charge on any atom is -0.442 e. The lowest BCUT2D eigenvalue weighted by atomic mass is 9.83. The number of hydrogen-bond donors (Lipinski definition) is 2. The van der Waals surface area contributed by atoms with Crippen LogP contribution in [0.25, 0.3) is 11.1 Å². The van der Waals surface area contributed by atoms with E-state index in [1.54, 1.807) is 24.3 Å². The van der Waals surface area contributed by atoms with E-state index in [1.165, 1.54) is 0 Å². The van der Waals surface area contributed by atoms with Crippen LogP contribution in [0.15, 0.2) is 109 Å². The summed E-state index contributed by atoms with van der Waals surface area (Å²) in [7, 11) is 0. The van der Waals surface area contributed by atoms with Crippen molar-refractivity contribution < 1.29 is 19.0 Å². The number of esters is 1. The highest BCUT2D eigenvalue weighted by Crippen LogP contribution is 2.53. The third-order valence-corrected chi connectivity index (χ3v) is 11.4. The number of carbonyl (C=O) groups is 1. The zero-order valence-electron chi connectivity index (χ0n) is 30.9. The predicted molar refractivity (Wildman–Crippen MR) is 233 cm³/mol. The van der Waals surface area contributed by atoms with Gasteiger partial charge in [-0.25, -0.2) is 4.79 Å². The van der Waals surface area contributed by atoms with Gasteiger partial charge in [0.25, 0.3) is 0 Å². The Kier molecular flexibility index (Phi) is 13.7. The Morgan fingerprint density at radius 1 is 0.589 bits per heavy atom. The summed E-state index contributed by atoms with van der Waals surface area (Å²) in [5.41, 5.74) is 4.83. The number of halogens is 6. The molecule has 12 heteroatoms. The second kappa shape index (κ2) is 18.3. The molecule has 2 atom stereocenters. The fraction of sp³-hybridized carbons (Fsp3) is 0.205. The number of fused-ring (bicyclic) bond motifs is 1. The molecule has 6 rings (SSSR count). The van der Waals surface area contributed by atoms with Crippen LogP contribution in [0.5, 0.6) is 0 Å². The van der Waals surface area contributed by atoms with Crippen LogP contribution in [0.4, 0.5) is 11.4 Å². The number of hydrogen-bond acceptors (Lipinski definition) is 6. The number of benzene rings is 5. The molecule has 0 saturated heterocycles. The molecule has 0 amide bonds. The molecular weight excluding hydrogens is 833 g/mol. The van der Waals surface area contributed by atoms with Crippen LogP contribution in [0.1, 0.15) is 65.9 Å². The first-order valence-corrected chi connectivity index (χ1v) is 20.1. The smallest absolute Gasteiger partial charge is 0.341 e. The fourth-order valence-electron chi connectivity index (χ4n) is 6.59. The topological polar surface area (TPSA) is 68.8 Å². The second-order valence-electron chi connectivity index (χ2n) is 13.0. The second-order valence-corrected chi connectivity index (χ2v) is 15.3. The number of cyclic esters (lactones) is 1.